The molecular formula is C17H20FNO. The third kappa shape index (κ3) is 3.17. The zero-order valence-electron chi connectivity index (χ0n) is 12.0. The molecule has 0 amide bonds. The monoisotopic (exact) mass is 273 g/mol. The first kappa shape index (κ1) is 14.5. The fraction of sp³-hybridized carbons (Fsp3) is 0.294. The van der Waals surface area contributed by atoms with Gasteiger partial charge in [-0.3, -0.25) is 0 Å². The molecule has 0 saturated heterocycles. The first-order valence-corrected chi connectivity index (χ1v) is 6.79. The third-order valence-electron chi connectivity index (χ3n) is 3.61. The molecule has 0 heterocycles. The van der Waals surface area contributed by atoms with Gasteiger partial charge in [-0.05, 0) is 38.0 Å². The van der Waals surface area contributed by atoms with Gasteiger partial charge in [0.25, 0.3) is 0 Å². The number of rotatable bonds is 4. The molecular weight excluding hydrogens is 253 g/mol. The van der Waals surface area contributed by atoms with Crippen LogP contribution in [-0.4, -0.2) is 5.11 Å². The van der Waals surface area contributed by atoms with Crippen LogP contribution in [0.25, 0.3) is 0 Å². The van der Waals surface area contributed by atoms with Crippen molar-refractivity contribution in [3.05, 3.63) is 65.0 Å². The van der Waals surface area contributed by atoms with E-state index in [9.17, 15) is 9.50 Å². The maximum absolute atomic E-state index is 13.0. The van der Waals surface area contributed by atoms with Gasteiger partial charge in [0.05, 0.1) is 0 Å². The summed E-state index contributed by atoms with van der Waals surface area (Å²) in [6.07, 6.45) is 0. The number of aryl methyl sites for hydroxylation is 1. The van der Waals surface area contributed by atoms with Crippen LogP contribution in [0.15, 0.2) is 42.5 Å². The smallest absolute Gasteiger partial charge is 0.126 e. The molecule has 2 aromatic carbocycles. The average Bonchev–Trinajstić information content (AvgIpc) is 2.38. The summed E-state index contributed by atoms with van der Waals surface area (Å²) in [5, 5.41) is 13.3. The van der Waals surface area contributed by atoms with Crippen LogP contribution in [0.1, 0.15) is 42.6 Å². The summed E-state index contributed by atoms with van der Waals surface area (Å²) in [6.45, 7) is 6.12. The van der Waals surface area contributed by atoms with Crippen molar-refractivity contribution in [3.63, 3.8) is 0 Å². The molecule has 0 aliphatic carbocycles. The van der Waals surface area contributed by atoms with E-state index < -0.39 is 5.82 Å². The van der Waals surface area contributed by atoms with Gasteiger partial charge < -0.3 is 10.4 Å². The van der Waals surface area contributed by atoms with Crippen LogP contribution in [-0.2, 0) is 0 Å². The second kappa shape index (κ2) is 6.06. The molecule has 1 unspecified atom stereocenters. The van der Waals surface area contributed by atoms with Gasteiger partial charge in [-0.25, -0.2) is 4.39 Å². The van der Waals surface area contributed by atoms with Crippen LogP contribution >= 0.6 is 0 Å². The second-order valence-corrected chi connectivity index (χ2v) is 5.17. The first-order valence-electron chi connectivity index (χ1n) is 6.79. The lowest BCUT2D eigenvalue weighted by Gasteiger charge is -2.22. The van der Waals surface area contributed by atoms with Crippen molar-refractivity contribution in [2.45, 2.75) is 32.9 Å². The summed E-state index contributed by atoms with van der Waals surface area (Å²) < 4.78 is 13.0. The van der Waals surface area contributed by atoms with Gasteiger partial charge in [-0.1, -0.05) is 30.3 Å². The van der Waals surface area contributed by atoms with Gasteiger partial charge in [0.15, 0.2) is 0 Å². The van der Waals surface area contributed by atoms with E-state index in [-0.39, 0.29) is 17.8 Å². The van der Waals surface area contributed by atoms with E-state index in [0.717, 1.165) is 6.07 Å². The molecule has 0 saturated carbocycles. The highest BCUT2D eigenvalue weighted by Gasteiger charge is 2.15. The van der Waals surface area contributed by atoms with E-state index in [4.69, 9.17) is 0 Å². The van der Waals surface area contributed by atoms with Crippen molar-refractivity contribution in [1.29, 1.82) is 0 Å². The number of phenolic OH excluding ortho intramolecular Hbond substituents is 1. The lowest BCUT2D eigenvalue weighted by atomic mass is 10.00. The van der Waals surface area contributed by atoms with E-state index in [0.29, 0.717) is 5.56 Å². The maximum Gasteiger partial charge on any atom is 0.126 e. The van der Waals surface area contributed by atoms with Crippen molar-refractivity contribution in [2.75, 3.05) is 0 Å². The van der Waals surface area contributed by atoms with Crippen molar-refractivity contribution in [3.8, 4) is 5.75 Å². The number of hydrogen-bond acceptors (Lipinski definition) is 2. The van der Waals surface area contributed by atoms with Crippen LogP contribution in [0.3, 0.4) is 0 Å². The summed E-state index contributed by atoms with van der Waals surface area (Å²) in [6, 6.07) is 12.4. The predicted molar refractivity (Wildman–Crippen MR) is 79.2 cm³/mol. The molecule has 20 heavy (non-hydrogen) atoms. The Morgan fingerprint density at radius 2 is 1.65 bits per heavy atom. The van der Waals surface area contributed by atoms with Crippen molar-refractivity contribution in [2.24, 2.45) is 0 Å². The minimum absolute atomic E-state index is 0.0121. The molecule has 2 N–H and O–H groups in total. The van der Waals surface area contributed by atoms with E-state index in [1.807, 2.05) is 19.1 Å². The molecule has 0 spiro atoms. The second-order valence-electron chi connectivity index (χ2n) is 5.17. The Kier molecular flexibility index (Phi) is 4.40. The number of benzene rings is 2. The van der Waals surface area contributed by atoms with Gasteiger partial charge in [0.2, 0.25) is 0 Å². The Balaban J connectivity index is 2.15. The Bertz CT molecular complexity index is 597. The quantitative estimate of drug-likeness (QED) is 0.872. The molecule has 2 rings (SSSR count). The average molecular weight is 273 g/mol. The number of phenols is 1. The minimum atomic E-state index is -0.426. The normalized spacial score (nSPS) is 14.0. The summed E-state index contributed by atoms with van der Waals surface area (Å²) in [5.41, 5.74) is 3.15. The van der Waals surface area contributed by atoms with Crippen molar-refractivity contribution < 1.29 is 9.50 Å². The molecule has 2 atom stereocenters. The summed E-state index contributed by atoms with van der Waals surface area (Å²) in [4.78, 5) is 0. The molecule has 106 valence electrons. The molecule has 3 heteroatoms. The largest absolute Gasteiger partial charge is 0.508 e. The number of hydrogen-bond donors (Lipinski definition) is 2. The van der Waals surface area contributed by atoms with Crippen LogP contribution in [0.2, 0.25) is 0 Å². The Labute approximate surface area is 119 Å². The van der Waals surface area contributed by atoms with Crippen LogP contribution in [0.5, 0.6) is 5.75 Å². The van der Waals surface area contributed by atoms with Gasteiger partial charge in [-0.2, -0.15) is 0 Å². The summed E-state index contributed by atoms with van der Waals surface area (Å²) in [5.74, 6) is -0.438. The Morgan fingerprint density at radius 1 is 1.00 bits per heavy atom. The van der Waals surface area contributed by atoms with Gasteiger partial charge in [0, 0.05) is 23.7 Å². The highest BCUT2D eigenvalue weighted by Crippen LogP contribution is 2.27. The fourth-order valence-electron chi connectivity index (χ4n) is 2.51. The number of aromatic hydroxyl groups is 1. The van der Waals surface area contributed by atoms with E-state index in [2.05, 4.69) is 31.3 Å². The lowest BCUT2D eigenvalue weighted by molar-refractivity contribution is 0.434. The van der Waals surface area contributed by atoms with E-state index >= 15 is 0 Å². The molecule has 2 nitrogen and oxygen atoms in total. The van der Waals surface area contributed by atoms with Crippen LogP contribution in [0.4, 0.5) is 4.39 Å². The molecule has 0 aliphatic rings. The van der Waals surface area contributed by atoms with E-state index in [1.165, 1.54) is 17.2 Å². The zero-order chi connectivity index (χ0) is 14.7. The standard InChI is InChI=1S/C17H20FNO/c1-11-6-4-5-7-15(11)12(2)19-13(3)16-9-8-14(18)10-17(16)20/h4-10,12-13,19-20H,1-3H3/t12-,13?/m1/s1. The summed E-state index contributed by atoms with van der Waals surface area (Å²) in [7, 11) is 0. The molecule has 0 aromatic heterocycles. The molecule has 0 aliphatic heterocycles. The summed E-state index contributed by atoms with van der Waals surface area (Å²) >= 11 is 0. The fourth-order valence-corrected chi connectivity index (χ4v) is 2.51. The predicted octanol–water partition coefficient (Wildman–Crippen LogP) is 4.25. The lowest BCUT2D eigenvalue weighted by Crippen LogP contribution is -2.23. The van der Waals surface area contributed by atoms with Gasteiger partial charge in [0.1, 0.15) is 11.6 Å². The van der Waals surface area contributed by atoms with Crippen molar-refractivity contribution >= 4 is 0 Å². The number of nitrogens with one attached hydrogen (secondary N) is 1. The highest BCUT2D eigenvalue weighted by molar-refractivity contribution is 5.35. The van der Waals surface area contributed by atoms with Gasteiger partial charge in [-0.15, -0.1) is 0 Å². The maximum atomic E-state index is 13.0. The van der Waals surface area contributed by atoms with Gasteiger partial charge >= 0.3 is 0 Å². The molecule has 0 radical (unpaired) electrons. The Hall–Kier alpha value is -1.87. The molecule has 0 bridgehead atoms. The van der Waals surface area contributed by atoms with E-state index in [1.54, 1.807) is 6.07 Å². The highest BCUT2D eigenvalue weighted by atomic mass is 19.1. The SMILES string of the molecule is Cc1ccccc1[C@@H](C)NC(C)c1ccc(F)cc1O. The minimum Gasteiger partial charge on any atom is -0.508 e. The zero-order valence-corrected chi connectivity index (χ0v) is 12.0. The third-order valence-corrected chi connectivity index (χ3v) is 3.61. The Morgan fingerprint density at radius 3 is 2.30 bits per heavy atom. The van der Waals surface area contributed by atoms with Crippen LogP contribution in [0, 0.1) is 12.7 Å². The first-order chi connectivity index (χ1) is 9.49. The number of halogens is 1. The molecule has 2 aromatic rings. The van der Waals surface area contributed by atoms with Crippen LogP contribution < -0.4 is 5.32 Å². The van der Waals surface area contributed by atoms with Crippen molar-refractivity contribution in [1.82, 2.24) is 5.32 Å². The topological polar surface area (TPSA) is 32.3 Å². The molecule has 0 fully saturated rings.